The van der Waals surface area contributed by atoms with Crippen LogP contribution in [0.2, 0.25) is 0 Å². The first kappa shape index (κ1) is 13.6. The molecule has 0 saturated carbocycles. The molecule has 8 heteroatoms. The number of rotatable bonds is 3. The van der Waals surface area contributed by atoms with Gasteiger partial charge in [0.1, 0.15) is 11.1 Å². The number of hydrogen-bond donors (Lipinski definition) is 0. The van der Waals surface area contributed by atoms with E-state index in [-0.39, 0.29) is 17.0 Å². The Kier molecular flexibility index (Phi) is 3.38. The summed E-state index contributed by atoms with van der Waals surface area (Å²) >= 11 is 1.45. The molecular weight excluding hydrogens is 294 g/mol. The fraction of sp³-hybridized carbons (Fsp3) is 0.231. The van der Waals surface area contributed by atoms with Crippen molar-refractivity contribution in [2.75, 3.05) is 10.7 Å². The van der Waals surface area contributed by atoms with Crippen molar-refractivity contribution in [2.24, 2.45) is 0 Å². The second-order valence-corrected chi connectivity index (χ2v) is 5.64. The number of nitrogens with zero attached hydrogens (tertiary/aromatic N) is 3. The van der Waals surface area contributed by atoms with E-state index in [0.29, 0.717) is 17.3 Å². The Labute approximate surface area is 124 Å². The quantitative estimate of drug-likeness (QED) is 0.639. The minimum Gasteiger partial charge on any atom is -0.360 e. The molecule has 1 aliphatic rings. The van der Waals surface area contributed by atoms with Crippen LogP contribution in [0.25, 0.3) is 0 Å². The summed E-state index contributed by atoms with van der Waals surface area (Å²) in [5.41, 5.74) is 0.842. The lowest BCUT2D eigenvalue weighted by molar-refractivity contribution is -0.384. The molecule has 1 aromatic carbocycles. The lowest BCUT2D eigenvalue weighted by Crippen LogP contribution is -2.28. The summed E-state index contributed by atoms with van der Waals surface area (Å²) in [5, 5.41) is 14.3. The molecule has 0 spiro atoms. The van der Waals surface area contributed by atoms with Crippen molar-refractivity contribution in [3.8, 4) is 0 Å². The summed E-state index contributed by atoms with van der Waals surface area (Å²) in [6, 6.07) is 7.89. The number of anilines is 1. The number of non-ortho nitro benzene ring substituents is 1. The SMILES string of the molecule is Cc1cc(N2C(=O)CS[C@@H]2c2ccc([N+](=O)[O-])cc2)no1. The molecule has 0 radical (unpaired) electrons. The number of aromatic nitrogens is 1. The van der Waals surface area contributed by atoms with Gasteiger partial charge in [-0.25, -0.2) is 0 Å². The standard InChI is InChI=1S/C13H11N3O4S/c1-8-6-11(14-20-8)15-12(17)7-21-13(15)9-2-4-10(5-3-9)16(18)19/h2-6,13H,7H2,1H3/t13-/m1/s1. The minimum absolute atomic E-state index is 0.0249. The lowest BCUT2D eigenvalue weighted by atomic mass is 10.2. The number of benzene rings is 1. The van der Waals surface area contributed by atoms with E-state index < -0.39 is 4.92 Å². The molecular formula is C13H11N3O4S. The van der Waals surface area contributed by atoms with Gasteiger partial charge in [0.15, 0.2) is 5.82 Å². The van der Waals surface area contributed by atoms with Crippen molar-refractivity contribution >= 4 is 29.2 Å². The molecule has 1 saturated heterocycles. The third-order valence-electron chi connectivity index (χ3n) is 3.12. The summed E-state index contributed by atoms with van der Waals surface area (Å²) in [6.45, 7) is 1.76. The van der Waals surface area contributed by atoms with Crippen molar-refractivity contribution in [1.29, 1.82) is 0 Å². The maximum atomic E-state index is 12.1. The minimum atomic E-state index is -0.449. The molecule has 3 rings (SSSR count). The summed E-state index contributed by atoms with van der Waals surface area (Å²) in [5.74, 6) is 1.37. The molecule has 0 aliphatic carbocycles. The van der Waals surface area contributed by atoms with Crippen LogP contribution in [-0.4, -0.2) is 21.7 Å². The van der Waals surface area contributed by atoms with Gasteiger partial charge in [-0.15, -0.1) is 11.8 Å². The summed E-state index contributed by atoms with van der Waals surface area (Å²) in [6.07, 6.45) is 0. The molecule has 0 bridgehead atoms. The second kappa shape index (κ2) is 5.21. The summed E-state index contributed by atoms with van der Waals surface area (Å²) in [4.78, 5) is 23.9. The zero-order valence-corrected chi connectivity index (χ0v) is 11.9. The van der Waals surface area contributed by atoms with Gasteiger partial charge in [0.05, 0.1) is 10.7 Å². The number of carbonyl (C=O) groups is 1. The topological polar surface area (TPSA) is 89.5 Å². The van der Waals surface area contributed by atoms with Crippen molar-refractivity contribution < 1.29 is 14.2 Å². The van der Waals surface area contributed by atoms with Crippen LogP contribution in [0.5, 0.6) is 0 Å². The zero-order chi connectivity index (χ0) is 15.0. The molecule has 2 aromatic rings. The highest BCUT2D eigenvalue weighted by Crippen LogP contribution is 2.41. The lowest BCUT2D eigenvalue weighted by Gasteiger charge is -2.21. The monoisotopic (exact) mass is 305 g/mol. The van der Waals surface area contributed by atoms with Gasteiger partial charge in [0.25, 0.3) is 5.69 Å². The van der Waals surface area contributed by atoms with Crippen molar-refractivity contribution in [3.63, 3.8) is 0 Å². The Morgan fingerprint density at radius 3 is 2.71 bits per heavy atom. The van der Waals surface area contributed by atoms with Crippen LogP contribution >= 0.6 is 11.8 Å². The number of amides is 1. The van der Waals surface area contributed by atoms with Gasteiger partial charge in [-0.3, -0.25) is 19.8 Å². The van der Waals surface area contributed by atoms with Gasteiger partial charge >= 0.3 is 0 Å². The number of aryl methyl sites for hydroxylation is 1. The molecule has 2 heterocycles. The molecule has 1 aliphatic heterocycles. The predicted molar refractivity (Wildman–Crippen MR) is 77.0 cm³/mol. The molecule has 1 amide bonds. The first-order valence-corrected chi connectivity index (χ1v) is 7.22. The van der Waals surface area contributed by atoms with Crippen molar-refractivity contribution in [3.05, 3.63) is 51.8 Å². The molecule has 7 nitrogen and oxygen atoms in total. The van der Waals surface area contributed by atoms with E-state index in [0.717, 1.165) is 5.56 Å². The smallest absolute Gasteiger partial charge is 0.269 e. The number of nitro benzene ring substituents is 1. The Morgan fingerprint density at radius 2 is 2.14 bits per heavy atom. The maximum absolute atomic E-state index is 12.1. The van der Waals surface area contributed by atoms with Gasteiger partial charge in [-0.05, 0) is 24.6 Å². The van der Waals surface area contributed by atoms with Gasteiger partial charge in [-0.1, -0.05) is 5.16 Å². The van der Waals surface area contributed by atoms with Crippen LogP contribution in [0.1, 0.15) is 16.7 Å². The molecule has 1 atom stereocenters. The first-order valence-electron chi connectivity index (χ1n) is 6.17. The molecule has 1 fully saturated rings. The van der Waals surface area contributed by atoms with E-state index in [4.69, 9.17) is 4.52 Å². The number of thioether (sulfide) groups is 1. The Bertz CT molecular complexity index is 698. The molecule has 21 heavy (non-hydrogen) atoms. The van der Waals surface area contributed by atoms with Crippen LogP contribution in [0.3, 0.4) is 0 Å². The summed E-state index contributed by atoms with van der Waals surface area (Å²) in [7, 11) is 0. The van der Waals surface area contributed by atoms with Gasteiger partial charge in [-0.2, -0.15) is 0 Å². The Hall–Kier alpha value is -2.35. The maximum Gasteiger partial charge on any atom is 0.269 e. The van der Waals surface area contributed by atoms with Crippen LogP contribution in [-0.2, 0) is 4.79 Å². The van der Waals surface area contributed by atoms with E-state index >= 15 is 0 Å². The third-order valence-corrected chi connectivity index (χ3v) is 4.33. The number of hydrogen-bond acceptors (Lipinski definition) is 6. The molecule has 108 valence electrons. The zero-order valence-electron chi connectivity index (χ0n) is 11.1. The van der Waals surface area contributed by atoms with E-state index in [1.54, 1.807) is 30.0 Å². The van der Waals surface area contributed by atoms with E-state index in [2.05, 4.69) is 5.16 Å². The van der Waals surface area contributed by atoms with Crippen LogP contribution in [0.4, 0.5) is 11.5 Å². The number of carbonyl (C=O) groups excluding carboxylic acids is 1. The summed E-state index contributed by atoms with van der Waals surface area (Å²) < 4.78 is 5.02. The Morgan fingerprint density at radius 1 is 1.43 bits per heavy atom. The Balaban J connectivity index is 1.93. The fourth-order valence-electron chi connectivity index (χ4n) is 2.15. The highest BCUT2D eigenvalue weighted by molar-refractivity contribution is 8.00. The fourth-order valence-corrected chi connectivity index (χ4v) is 3.31. The highest BCUT2D eigenvalue weighted by atomic mass is 32.2. The highest BCUT2D eigenvalue weighted by Gasteiger charge is 2.35. The number of nitro groups is 1. The predicted octanol–water partition coefficient (Wildman–Crippen LogP) is 2.67. The van der Waals surface area contributed by atoms with Crippen molar-refractivity contribution in [1.82, 2.24) is 5.16 Å². The van der Waals surface area contributed by atoms with Gasteiger partial charge < -0.3 is 4.52 Å². The van der Waals surface area contributed by atoms with Gasteiger partial charge in [0.2, 0.25) is 5.91 Å². The van der Waals surface area contributed by atoms with E-state index in [9.17, 15) is 14.9 Å². The molecule has 1 aromatic heterocycles. The first-order chi connectivity index (χ1) is 10.1. The van der Waals surface area contributed by atoms with Crippen LogP contribution in [0.15, 0.2) is 34.9 Å². The van der Waals surface area contributed by atoms with Crippen molar-refractivity contribution in [2.45, 2.75) is 12.3 Å². The largest absolute Gasteiger partial charge is 0.360 e. The average molecular weight is 305 g/mol. The van der Waals surface area contributed by atoms with Gasteiger partial charge in [0, 0.05) is 18.2 Å². The normalized spacial score (nSPS) is 18.2. The third kappa shape index (κ3) is 2.49. The molecule has 0 N–H and O–H groups in total. The second-order valence-electron chi connectivity index (χ2n) is 4.57. The molecule has 0 unspecified atom stereocenters. The van der Waals surface area contributed by atoms with Crippen LogP contribution in [0, 0.1) is 17.0 Å². The van der Waals surface area contributed by atoms with E-state index in [1.807, 2.05) is 0 Å². The van der Waals surface area contributed by atoms with Crippen LogP contribution < -0.4 is 4.90 Å². The van der Waals surface area contributed by atoms with E-state index in [1.165, 1.54) is 23.9 Å². The average Bonchev–Trinajstić information content (AvgIpc) is 3.04.